The lowest BCUT2D eigenvalue weighted by Gasteiger charge is -2.49. The number of nitrogens with two attached hydrogens (primary N) is 1. The molecule has 4 N–H and O–H groups in total. The number of thioether (sulfide) groups is 3. The van der Waals surface area contributed by atoms with Crippen LogP contribution in [0.4, 0.5) is 0 Å². The Kier molecular flexibility index (Phi) is 7.93. The number of β-lactam (4-membered cyclic amide) rings is 1. The van der Waals surface area contributed by atoms with Crippen molar-refractivity contribution in [3.05, 3.63) is 60.1 Å². The minimum Gasteiger partial charge on any atom is -0.477 e. The molecule has 2 aliphatic heterocycles. The molecule has 5 rings (SSSR count). The zero-order valence-electron chi connectivity index (χ0n) is 19.7. The van der Waals surface area contributed by atoms with E-state index in [1.807, 2.05) is 36.4 Å². The topological polar surface area (TPSA) is 147 Å². The van der Waals surface area contributed by atoms with Gasteiger partial charge in [0.1, 0.15) is 17.1 Å². The summed E-state index contributed by atoms with van der Waals surface area (Å²) in [7, 11) is 0. The normalized spacial score (nSPS) is 18.7. The van der Waals surface area contributed by atoms with E-state index in [2.05, 4.69) is 10.3 Å². The quantitative estimate of drug-likeness (QED) is 0.183. The van der Waals surface area contributed by atoms with E-state index >= 15 is 0 Å². The molecule has 3 amide bonds. The second-order valence-corrected chi connectivity index (χ2v) is 12.8. The number of nitrogens with one attached hydrogen (secondary N) is 1. The van der Waals surface area contributed by atoms with Crippen molar-refractivity contribution in [3.8, 4) is 0 Å². The number of rotatable bonds is 10. The second-order valence-electron chi connectivity index (χ2n) is 8.41. The van der Waals surface area contributed by atoms with Gasteiger partial charge in [0.25, 0.3) is 11.8 Å². The van der Waals surface area contributed by atoms with Gasteiger partial charge in [0.15, 0.2) is 16.7 Å². The van der Waals surface area contributed by atoms with Crippen molar-refractivity contribution in [1.82, 2.24) is 15.2 Å². The molecule has 2 aliphatic rings. The molecule has 0 saturated carbocycles. The van der Waals surface area contributed by atoms with Gasteiger partial charge in [-0.25, -0.2) is 9.78 Å². The molecular formula is C24H22N5O5S4+. The number of hydrogen-bond acceptors (Lipinski definition) is 9. The van der Waals surface area contributed by atoms with E-state index in [9.17, 15) is 24.3 Å². The lowest BCUT2D eigenvalue weighted by atomic mass is 10.0. The number of aliphatic carboxylic acids is 1. The molecule has 1 fully saturated rings. The van der Waals surface area contributed by atoms with Crippen LogP contribution in [0.5, 0.6) is 0 Å². The molecule has 0 radical (unpaired) electrons. The number of pyridine rings is 1. The summed E-state index contributed by atoms with van der Waals surface area (Å²) < 4.78 is 3.47. The van der Waals surface area contributed by atoms with E-state index < -0.39 is 29.2 Å². The smallest absolute Gasteiger partial charge is 0.352 e. The number of nitrogens with zero attached hydrogens (tertiary/aromatic N) is 3. The number of para-hydroxylation sites is 1. The van der Waals surface area contributed by atoms with Gasteiger partial charge in [-0.1, -0.05) is 23.9 Å². The molecular weight excluding hydrogens is 567 g/mol. The third-order valence-electron chi connectivity index (χ3n) is 5.78. The van der Waals surface area contributed by atoms with Gasteiger partial charge < -0.3 is 16.2 Å². The minimum atomic E-state index is -1.16. The van der Waals surface area contributed by atoms with Crippen LogP contribution in [0.1, 0.15) is 0 Å². The van der Waals surface area contributed by atoms with Crippen molar-refractivity contribution in [3.63, 3.8) is 0 Å². The Hall–Kier alpha value is -3.07. The minimum absolute atomic E-state index is 0.0136. The predicted octanol–water partition coefficient (Wildman–Crippen LogP) is 1.69. The molecule has 38 heavy (non-hydrogen) atoms. The first kappa shape index (κ1) is 26.5. The predicted molar refractivity (Wildman–Crippen MR) is 147 cm³/mol. The van der Waals surface area contributed by atoms with E-state index in [-0.39, 0.29) is 23.9 Å². The van der Waals surface area contributed by atoms with E-state index in [1.54, 1.807) is 17.0 Å². The second kappa shape index (κ2) is 11.4. The van der Waals surface area contributed by atoms with Crippen LogP contribution < -0.4 is 15.6 Å². The van der Waals surface area contributed by atoms with Crippen LogP contribution in [-0.2, 0) is 25.7 Å². The first-order valence-electron chi connectivity index (χ1n) is 11.4. The van der Waals surface area contributed by atoms with Crippen molar-refractivity contribution in [2.24, 2.45) is 5.73 Å². The Bertz CT molecular complexity index is 1420. The number of primary amides is 1. The number of carbonyl (C=O) groups is 4. The summed E-state index contributed by atoms with van der Waals surface area (Å²) >= 11 is 5.70. The van der Waals surface area contributed by atoms with Crippen LogP contribution in [0.25, 0.3) is 10.2 Å². The Balaban J connectivity index is 1.18. The molecule has 10 nitrogen and oxygen atoms in total. The lowest BCUT2D eigenvalue weighted by Crippen LogP contribution is -2.70. The fourth-order valence-corrected chi connectivity index (χ4v) is 8.29. The molecule has 0 spiro atoms. The number of amides is 3. The highest BCUT2D eigenvalue weighted by atomic mass is 32.2. The first-order valence-corrected chi connectivity index (χ1v) is 15.2. The number of fused-ring (bicyclic) bond motifs is 2. The summed E-state index contributed by atoms with van der Waals surface area (Å²) in [6.45, 7) is 0.0761. The summed E-state index contributed by atoms with van der Waals surface area (Å²) in [5.41, 5.74) is 6.71. The van der Waals surface area contributed by atoms with Crippen molar-refractivity contribution >= 4 is 80.5 Å². The molecule has 1 aromatic carbocycles. The monoisotopic (exact) mass is 588 g/mol. The molecule has 0 aliphatic carbocycles. The van der Waals surface area contributed by atoms with E-state index in [1.165, 1.54) is 51.5 Å². The average Bonchev–Trinajstić information content (AvgIpc) is 3.32. The van der Waals surface area contributed by atoms with Crippen molar-refractivity contribution in [2.75, 3.05) is 17.3 Å². The number of carboxylic acids is 1. The number of thiazole rings is 1. The maximum Gasteiger partial charge on any atom is 0.352 e. The number of carboxylic acid groups (broad SMARTS) is 1. The Morgan fingerprint density at radius 3 is 2.66 bits per heavy atom. The highest BCUT2D eigenvalue weighted by molar-refractivity contribution is 8.01. The fourth-order valence-electron chi connectivity index (χ4n) is 4.05. The molecule has 14 heteroatoms. The summed E-state index contributed by atoms with van der Waals surface area (Å²) in [4.78, 5) is 55.3. The SMILES string of the molecule is NC(=O)C[n+]1ccc(SCC2=C(C(=O)O)N3C(=O)[C@H](NC(=O)CSc4nc5ccccc5s4)[C@H]3SC2)cc1. The van der Waals surface area contributed by atoms with Gasteiger partial charge in [-0.15, -0.1) is 34.9 Å². The van der Waals surface area contributed by atoms with E-state index in [4.69, 9.17) is 5.73 Å². The van der Waals surface area contributed by atoms with Crippen LogP contribution in [0.2, 0.25) is 0 Å². The number of benzene rings is 1. The molecule has 0 bridgehead atoms. The van der Waals surface area contributed by atoms with Gasteiger partial charge in [0.05, 0.1) is 16.0 Å². The maximum absolute atomic E-state index is 12.9. The first-order chi connectivity index (χ1) is 18.3. The fraction of sp³-hybridized carbons (Fsp3) is 0.250. The van der Waals surface area contributed by atoms with Crippen LogP contribution in [-0.4, -0.2) is 67.4 Å². The van der Waals surface area contributed by atoms with Crippen molar-refractivity contribution in [2.45, 2.75) is 27.2 Å². The zero-order valence-corrected chi connectivity index (χ0v) is 23.0. The van der Waals surface area contributed by atoms with Crippen LogP contribution in [0, 0.1) is 0 Å². The summed E-state index contributed by atoms with van der Waals surface area (Å²) in [5, 5.41) is 12.2. The summed E-state index contributed by atoms with van der Waals surface area (Å²) in [6, 6.07) is 10.6. The Morgan fingerprint density at radius 2 is 1.95 bits per heavy atom. The van der Waals surface area contributed by atoms with Gasteiger partial charge in [0.2, 0.25) is 12.5 Å². The number of aromatic nitrogens is 2. The van der Waals surface area contributed by atoms with Crippen molar-refractivity contribution < 1.29 is 28.9 Å². The average molecular weight is 589 g/mol. The molecule has 1 saturated heterocycles. The number of carbonyl (C=O) groups excluding carboxylic acids is 3. The molecule has 2 atom stereocenters. The van der Waals surface area contributed by atoms with Gasteiger partial charge in [-0.2, -0.15) is 4.57 Å². The maximum atomic E-state index is 12.9. The third-order valence-corrected chi connectivity index (χ3v) is 10.4. The van der Waals surface area contributed by atoms with Gasteiger partial charge in [-0.05, 0) is 17.7 Å². The van der Waals surface area contributed by atoms with Gasteiger partial charge in [-0.3, -0.25) is 19.3 Å². The standard InChI is InChI=1S/C24H21N5O5S4/c25-17(30)9-28-7-5-14(6-8-28)35-10-13-11-36-22-19(21(32)29(22)20(13)23(33)34)27-18(31)12-37-24-26-15-3-1-2-4-16(15)38-24/h1-8,19,22H,9-12H2,(H3-,25,27,30,31,33,34)/p+1/t19-,22+/m0/s1. The zero-order chi connectivity index (χ0) is 26.8. The van der Waals surface area contributed by atoms with Gasteiger partial charge >= 0.3 is 5.97 Å². The highest BCUT2D eigenvalue weighted by Gasteiger charge is 2.54. The number of hydrogen-bond donors (Lipinski definition) is 3. The third kappa shape index (κ3) is 5.67. The van der Waals surface area contributed by atoms with Crippen LogP contribution >= 0.6 is 46.6 Å². The largest absolute Gasteiger partial charge is 0.477 e. The lowest BCUT2D eigenvalue weighted by molar-refractivity contribution is -0.684. The van der Waals surface area contributed by atoms with Gasteiger partial charge in [0, 0.05) is 28.5 Å². The van der Waals surface area contributed by atoms with Crippen LogP contribution in [0.3, 0.4) is 0 Å². The molecule has 196 valence electrons. The van der Waals surface area contributed by atoms with E-state index in [0.29, 0.717) is 17.1 Å². The summed E-state index contributed by atoms with van der Waals surface area (Å²) in [5.74, 6) is -1.39. The Labute approximate surface area is 234 Å². The molecule has 4 heterocycles. The highest BCUT2D eigenvalue weighted by Crippen LogP contribution is 2.41. The Morgan fingerprint density at radius 1 is 1.18 bits per heavy atom. The molecule has 3 aromatic rings. The molecule has 0 unspecified atom stereocenters. The molecule has 2 aromatic heterocycles. The van der Waals surface area contributed by atoms with Crippen LogP contribution in [0.15, 0.2) is 69.3 Å². The van der Waals surface area contributed by atoms with E-state index in [0.717, 1.165) is 19.5 Å². The summed E-state index contributed by atoms with van der Waals surface area (Å²) in [6.07, 6.45) is 3.46. The van der Waals surface area contributed by atoms with Crippen molar-refractivity contribution in [1.29, 1.82) is 0 Å².